The molecule has 16 heavy (non-hydrogen) atoms. The van der Waals surface area contributed by atoms with Crippen molar-refractivity contribution in [3.63, 3.8) is 0 Å². The van der Waals surface area contributed by atoms with Crippen LogP contribution in [0.4, 0.5) is 10.1 Å². The van der Waals surface area contributed by atoms with Gasteiger partial charge in [0.15, 0.2) is 0 Å². The van der Waals surface area contributed by atoms with Crippen molar-refractivity contribution in [1.29, 1.82) is 0 Å². The maximum atomic E-state index is 13.1. The highest BCUT2D eigenvalue weighted by molar-refractivity contribution is 7.98. The fraction of sp³-hybridized carbons (Fsp3) is 0.167. The molecule has 2 N–H and O–H groups in total. The maximum absolute atomic E-state index is 13.1. The summed E-state index contributed by atoms with van der Waals surface area (Å²) in [6.07, 6.45) is 0. The lowest BCUT2D eigenvalue weighted by atomic mass is 10.3. The average molecular weight is 237 g/mol. The van der Waals surface area contributed by atoms with Gasteiger partial charge in [-0.1, -0.05) is 0 Å². The molecule has 4 heteroatoms. The van der Waals surface area contributed by atoms with Crippen LogP contribution in [0, 0.1) is 12.7 Å². The molecule has 2 nitrogen and oxygen atoms in total. The fourth-order valence-electron chi connectivity index (χ4n) is 1.31. The van der Waals surface area contributed by atoms with Crippen molar-refractivity contribution in [2.75, 3.05) is 5.73 Å². The van der Waals surface area contributed by atoms with E-state index >= 15 is 0 Å². The van der Waals surface area contributed by atoms with E-state index in [9.17, 15) is 4.39 Å². The molecule has 2 aromatic rings. The van der Waals surface area contributed by atoms with Gasteiger partial charge in [0, 0.05) is 4.90 Å². The molecule has 1 aromatic carbocycles. The summed E-state index contributed by atoms with van der Waals surface area (Å²) >= 11 is 1.52. The molecule has 0 amide bonds. The van der Waals surface area contributed by atoms with E-state index in [2.05, 4.69) is 0 Å². The first-order valence-corrected chi connectivity index (χ1v) is 5.87. The molecular formula is C12H12FNOS. The molecule has 0 unspecified atom stereocenters. The Morgan fingerprint density at radius 3 is 2.75 bits per heavy atom. The third-order valence-corrected chi connectivity index (χ3v) is 3.17. The standard InChI is InChI=1S/C12H12FNOS/c1-8-2-3-9(15-8)7-16-10-4-5-12(14)11(13)6-10/h2-6H,7,14H2,1H3. The van der Waals surface area contributed by atoms with Crippen LogP contribution in [0.3, 0.4) is 0 Å². The van der Waals surface area contributed by atoms with E-state index in [0.29, 0.717) is 5.75 Å². The van der Waals surface area contributed by atoms with Gasteiger partial charge in [0.2, 0.25) is 0 Å². The molecule has 0 aliphatic carbocycles. The molecule has 0 spiro atoms. The Morgan fingerprint density at radius 1 is 1.31 bits per heavy atom. The molecule has 0 aliphatic rings. The number of halogens is 1. The highest BCUT2D eigenvalue weighted by atomic mass is 32.2. The lowest BCUT2D eigenvalue weighted by Gasteiger charge is -2.01. The molecule has 0 aliphatic heterocycles. The number of hydrogen-bond donors (Lipinski definition) is 1. The summed E-state index contributed by atoms with van der Waals surface area (Å²) in [6, 6.07) is 8.66. The SMILES string of the molecule is Cc1ccc(CSc2ccc(N)c(F)c2)o1. The van der Waals surface area contributed by atoms with Gasteiger partial charge in [-0.3, -0.25) is 0 Å². The molecule has 2 rings (SSSR count). The van der Waals surface area contributed by atoms with Gasteiger partial charge in [0.1, 0.15) is 17.3 Å². The quantitative estimate of drug-likeness (QED) is 0.654. The van der Waals surface area contributed by atoms with Crippen LogP contribution >= 0.6 is 11.8 Å². The van der Waals surface area contributed by atoms with E-state index < -0.39 is 0 Å². The number of furan rings is 1. The van der Waals surface area contributed by atoms with E-state index in [1.54, 1.807) is 12.1 Å². The summed E-state index contributed by atoms with van der Waals surface area (Å²) in [5.74, 6) is 2.09. The average Bonchev–Trinajstić information content (AvgIpc) is 2.66. The zero-order valence-corrected chi connectivity index (χ0v) is 9.68. The van der Waals surface area contributed by atoms with Gasteiger partial charge < -0.3 is 10.2 Å². The molecule has 0 saturated carbocycles. The Bertz CT molecular complexity index is 496. The fourth-order valence-corrected chi connectivity index (χ4v) is 2.13. The number of thioether (sulfide) groups is 1. The van der Waals surface area contributed by atoms with Crippen molar-refractivity contribution >= 4 is 17.4 Å². The lowest BCUT2D eigenvalue weighted by Crippen LogP contribution is -1.89. The van der Waals surface area contributed by atoms with Gasteiger partial charge in [-0.05, 0) is 37.3 Å². The van der Waals surface area contributed by atoms with Crippen LogP contribution in [0.5, 0.6) is 0 Å². The van der Waals surface area contributed by atoms with Gasteiger partial charge in [-0.2, -0.15) is 0 Å². The number of benzene rings is 1. The summed E-state index contributed by atoms with van der Waals surface area (Å²) in [5.41, 5.74) is 5.58. The van der Waals surface area contributed by atoms with E-state index in [1.165, 1.54) is 17.8 Å². The van der Waals surface area contributed by atoms with Gasteiger partial charge in [0.05, 0.1) is 11.4 Å². The first-order valence-electron chi connectivity index (χ1n) is 4.88. The topological polar surface area (TPSA) is 39.2 Å². The molecule has 1 aromatic heterocycles. The molecule has 0 bridgehead atoms. The highest BCUT2D eigenvalue weighted by Gasteiger charge is 2.03. The van der Waals surface area contributed by atoms with E-state index in [1.807, 2.05) is 19.1 Å². The molecule has 0 atom stereocenters. The minimum Gasteiger partial charge on any atom is -0.465 e. The van der Waals surface area contributed by atoms with Crippen molar-refractivity contribution in [3.05, 3.63) is 47.7 Å². The second-order valence-corrected chi connectivity index (χ2v) is 4.53. The smallest absolute Gasteiger partial charge is 0.147 e. The Balaban J connectivity index is 2.02. The van der Waals surface area contributed by atoms with Gasteiger partial charge in [0.25, 0.3) is 0 Å². The monoisotopic (exact) mass is 237 g/mol. The Morgan fingerprint density at radius 2 is 2.12 bits per heavy atom. The van der Waals surface area contributed by atoms with E-state index in [-0.39, 0.29) is 11.5 Å². The zero-order valence-electron chi connectivity index (χ0n) is 8.87. The summed E-state index contributed by atoms with van der Waals surface area (Å²) in [7, 11) is 0. The third kappa shape index (κ3) is 2.58. The Labute approximate surface area is 97.6 Å². The predicted octanol–water partition coefficient (Wildman–Crippen LogP) is 3.60. The van der Waals surface area contributed by atoms with Crippen LogP contribution in [-0.2, 0) is 5.75 Å². The van der Waals surface area contributed by atoms with Crippen LogP contribution in [-0.4, -0.2) is 0 Å². The predicted molar refractivity (Wildman–Crippen MR) is 63.8 cm³/mol. The Hall–Kier alpha value is -1.42. The minimum absolute atomic E-state index is 0.179. The number of nitrogens with two attached hydrogens (primary N) is 1. The van der Waals surface area contributed by atoms with Crippen molar-refractivity contribution in [1.82, 2.24) is 0 Å². The second kappa shape index (κ2) is 4.61. The van der Waals surface area contributed by atoms with Crippen molar-refractivity contribution in [2.24, 2.45) is 0 Å². The summed E-state index contributed by atoms with van der Waals surface area (Å²) in [5, 5.41) is 0. The molecule has 0 radical (unpaired) electrons. The first-order chi connectivity index (χ1) is 7.65. The van der Waals surface area contributed by atoms with E-state index in [4.69, 9.17) is 10.2 Å². The van der Waals surface area contributed by atoms with Gasteiger partial charge >= 0.3 is 0 Å². The summed E-state index contributed by atoms with van der Waals surface area (Å²) in [4.78, 5) is 0.848. The zero-order chi connectivity index (χ0) is 11.5. The van der Waals surface area contributed by atoms with Crippen LogP contribution < -0.4 is 5.73 Å². The third-order valence-electron chi connectivity index (χ3n) is 2.15. The summed E-state index contributed by atoms with van der Waals surface area (Å²) < 4.78 is 18.6. The summed E-state index contributed by atoms with van der Waals surface area (Å²) in [6.45, 7) is 1.90. The first kappa shape index (κ1) is 11.1. The van der Waals surface area contributed by atoms with E-state index in [0.717, 1.165) is 16.4 Å². The highest BCUT2D eigenvalue weighted by Crippen LogP contribution is 2.25. The number of anilines is 1. The molecule has 84 valence electrons. The van der Waals surface area contributed by atoms with Gasteiger partial charge in [-0.25, -0.2) is 4.39 Å². The molecular weight excluding hydrogens is 225 g/mol. The van der Waals surface area contributed by atoms with Crippen LogP contribution in [0.25, 0.3) is 0 Å². The largest absolute Gasteiger partial charge is 0.465 e. The van der Waals surface area contributed by atoms with Gasteiger partial charge in [-0.15, -0.1) is 11.8 Å². The number of aryl methyl sites for hydroxylation is 1. The Kier molecular flexibility index (Phi) is 3.19. The van der Waals surface area contributed by atoms with Crippen molar-refractivity contribution < 1.29 is 8.81 Å². The second-order valence-electron chi connectivity index (χ2n) is 3.48. The van der Waals surface area contributed by atoms with Crippen LogP contribution in [0.2, 0.25) is 0 Å². The van der Waals surface area contributed by atoms with Crippen molar-refractivity contribution in [2.45, 2.75) is 17.6 Å². The number of nitrogen functional groups attached to an aromatic ring is 1. The maximum Gasteiger partial charge on any atom is 0.147 e. The number of rotatable bonds is 3. The van der Waals surface area contributed by atoms with Crippen molar-refractivity contribution in [3.8, 4) is 0 Å². The number of hydrogen-bond acceptors (Lipinski definition) is 3. The molecule has 1 heterocycles. The normalized spacial score (nSPS) is 10.6. The molecule has 0 fully saturated rings. The van der Waals surface area contributed by atoms with Crippen LogP contribution in [0.15, 0.2) is 39.6 Å². The lowest BCUT2D eigenvalue weighted by molar-refractivity contribution is 0.501. The van der Waals surface area contributed by atoms with Crippen LogP contribution in [0.1, 0.15) is 11.5 Å². The molecule has 0 saturated heterocycles. The minimum atomic E-state index is -0.374.